The first kappa shape index (κ1) is 15.2. The molecule has 0 aliphatic rings. The highest BCUT2D eigenvalue weighted by Gasteiger charge is 2.23. The Balaban J connectivity index is 2.28. The lowest BCUT2D eigenvalue weighted by atomic mass is 10.3. The second-order valence-electron chi connectivity index (χ2n) is 4.45. The second-order valence-corrected chi connectivity index (χ2v) is 6.22. The Morgan fingerprint density at radius 1 is 1.18 bits per heavy atom. The van der Waals surface area contributed by atoms with E-state index in [-0.39, 0.29) is 0 Å². The molecule has 0 N–H and O–H groups in total. The number of carbonyl (C=O) groups is 1. The molecule has 22 heavy (non-hydrogen) atoms. The summed E-state index contributed by atoms with van der Waals surface area (Å²) in [4.78, 5) is 16.6. The van der Waals surface area contributed by atoms with Crippen molar-refractivity contribution in [3.8, 4) is 5.69 Å². The zero-order valence-corrected chi connectivity index (χ0v) is 14.8. The lowest BCUT2D eigenvalue weighted by molar-refractivity contribution is 0.0518. The molecule has 3 aromatic rings. The topological polar surface area (TPSA) is 57.0 Å². The molecular formula is C15H11Br2N3O2. The number of pyridine rings is 1. The van der Waals surface area contributed by atoms with Gasteiger partial charge >= 0.3 is 5.97 Å². The molecule has 0 bridgehead atoms. The highest BCUT2D eigenvalue weighted by atomic mass is 79.9. The van der Waals surface area contributed by atoms with Gasteiger partial charge in [0.15, 0.2) is 5.69 Å². The lowest BCUT2D eigenvalue weighted by Gasteiger charge is -2.06. The number of halogens is 2. The van der Waals surface area contributed by atoms with Gasteiger partial charge < -0.3 is 4.74 Å². The number of aromatic nitrogens is 3. The molecule has 2 aromatic heterocycles. The van der Waals surface area contributed by atoms with E-state index in [0.717, 1.165) is 14.6 Å². The fraction of sp³-hybridized carbons (Fsp3) is 0.133. The molecule has 112 valence electrons. The van der Waals surface area contributed by atoms with Gasteiger partial charge in [0.1, 0.15) is 11.0 Å². The summed E-state index contributed by atoms with van der Waals surface area (Å²) in [5.74, 6) is -0.446. The van der Waals surface area contributed by atoms with Crippen molar-refractivity contribution < 1.29 is 9.53 Å². The number of ether oxygens (including phenoxy) is 1. The minimum atomic E-state index is -0.446. The van der Waals surface area contributed by atoms with E-state index in [1.54, 1.807) is 23.9 Å². The molecule has 0 unspecified atom stereocenters. The quantitative estimate of drug-likeness (QED) is 0.593. The normalized spacial score (nSPS) is 10.9. The molecule has 0 fully saturated rings. The highest BCUT2D eigenvalue weighted by Crippen LogP contribution is 2.27. The van der Waals surface area contributed by atoms with Gasteiger partial charge in [-0.1, -0.05) is 15.9 Å². The van der Waals surface area contributed by atoms with Crippen LogP contribution in [0, 0.1) is 0 Å². The largest absolute Gasteiger partial charge is 0.461 e. The van der Waals surface area contributed by atoms with Crippen molar-refractivity contribution >= 4 is 48.9 Å². The Kier molecular flexibility index (Phi) is 4.26. The van der Waals surface area contributed by atoms with Gasteiger partial charge in [-0.15, -0.1) is 0 Å². The van der Waals surface area contributed by atoms with Gasteiger partial charge in [-0.05, 0) is 53.2 Å². The van der Waals surface area contributed by atoms with Crippen LogP contribution in [0.5, 0.6) is 0 Å². The fourth-order valence-electron chi connectivity index (χ4n) is 2.10. The molecule has 0 aliphatic heterocycles. The Morgan fingerprint density at radius 2 is 1.91 bits per heavy atom. The molecule has 0 saturated carbocycles. The number of nitrogens with zero attached hydrogens (tertiary/aromatic N) is 3. The zero-order chi connectivity index (χ0) is 15.7. The van der Waals surface area contributed by atoms with Crippen LogP contribution in [-0.4, -0.2) is 27.3 Å². The van der Waals surface area contributed by atoms with E-state index < -0.39 is 5.97 Å². The van der Waals surface area contributed by atoms with E-state index in [4.69, 9.17) is 4.74 Å². The average molecular weight is 425 g/mol. The van der Waals surface area contributed by atoms with E-state index in [0.29, 0.717) is 23.3 Å². The summed E-state index contributed by atoms with van der Waals surface area (Å²) in [6.45, 7) is 2.06. The molecule has 0 spiro atoms. The van der Waals surface area contributed by atoms with E-state index >= 15 is 0 Å². The van der Waals surface area contributed by atoms with Gasteiger partial charge in [-0.25, -0.2) is 9.48 Å². The molecule has 0 amide bonds. The molecule has 0 atom stereocenters. The summed E-state index contributed by atoms with van der Waals surface area (Å²) in [5.41, 5.74) is 2.21. The first-order chi connectivity index (χ1) is 10.6. The summed E-state index contributed by atoms with van der Waals surface area (Å²) in [6.07, 6.45) is 1.63. The standard InChI is InChI=1S/C15H11Br2N3O2/c1-2-22-15(21)14-13-12(11(17)7-8-18-13)19-20(14)10-5-3-9(16)4-6-10/h3-8H,2H2,1H3. The molecule has 2 heterocycles. The smallest absolute Gasteiger partial charge is 0.359 e. The predicted octanol–water partition coefficient (Wildman–Crippen LogP) is 4.12. The Labute approximate surface area is 143 Å². The van der Waals surface area contributed by atoms with Gasteiger partial charge in [-0.3, -0.25) is 4.98 Å². The summed E-state index contributed by atoms with van der Waals surface area (Å²) in [7, 11) is 0. The first-order valence-corrected chi connectivity index (χ1v) is 8.16. The molecule has 7 heteroatoms. The number of carbonyl (C=O) groups excluding carboxylic acids is 1. The minimum Gasteiger partial charge on any atom is -0.461 e. The summed E-state index contributed by atoms with van der Waals surface area (Å²) in [6, 6.07) is 9.30. The average Bonchev–Trinajstić information content (AvgIpc) is 2.89. The van der Waals surface area contributed by atoms with Gasteiger partial charge in [0.2, 0.25) is 0 Å². The molecule has 5 nitrogen and oxygen atoms in total. The molecule has 0 radical (unpaired) electrons. The zero-order valence-electron chi connectivity index (χ0n) is 11.6. The number of rotatable bonds is 3. The van der Waals surface area contributed by atoms with E-state index in [1.165, 1.54) is 0 Å². The van der Waals surface area contributed by atoms with Crippen molar-refractivity contribution in [1.82, 2.24) is 14.8 Å². The lowest BCUT2D eigenvalue weighted by Crippen LogP contribution is -2.12. The van der Waals surface area contributed by atoms with Crippen molar-refractivity contribution in [2.75, 3.05) is 6.61 Å². The van der Waals surface area contributed by atoms with Crippen molar-refractivity contribution in [1.29, 1.82) is 0 Å². The number of benzene rings is 1. The number of hydrogen-bond acceptors (Lipinski definition) is 4. The van der Waals surface area contributed by atoms with Crippen molar-refractivity contribution in [2.45, 2.75) is 6.92 Å². The number of fused-ring (bicyclic) bond motifs is 1. The van der Waals surface area contributed by atoms with Crippen LogP contribution in [-0.2, 0) is 4.74 Å². The van der Waals surface area contributed by atoms with Crippen molar-refractivity contribution in [2.24, 2.45) is 0 Å². The third kappa shape index (κ3) is 2.66. The van der Waals surface area contributed by atoms with Crippen molar-refractivity contribution in [3.63, 3.8) is 0 Å². The van der Waals surface area contributed by atoms with Crippen LogP contribution in [0.15, 0.2) is 45.5 Å². The predicted molar refractivity (Wildman–Crippen MR) is 90.2 cm³/mol. The molecule has 1 aromatic carbocycles. The third-order valence-corrected chi connectivity index (χ3v) is 4.22. The fourth-order valence-corrected chi connectivity index (χ4v) is 2.75. The van der Waals surface area contributed by atoms with Crippen LogP contribution in [0.3, 0.4) is 0 Å². The minimum absolute atomic E-state index is 0.292. The Hall–Kier alpha value is -1.73. The van der Waals surface area contributed by atoms with Gasteiger partial charge in [0.25, 0.3) is 0 Å². The van der Waals surface area contributed by atoms with Crippen LogP contribution in [0.25, 0.3) is 16.7 Å². The highest BCUT2D eigenvalue weighted by molar-refractivity contribution is 9.11. The van der Waals surface area contributed by atoms with Crippen LogP contribution < -0.4 is 0 Å². The monoisotopic (exact) mass is 423 g/mol. The molecule has 0 saturated heterocycles. The van der Waals surface area contributed by atoms with Crippen LogP contribution in [0.1, 0.15) is 17.4 Å². The van der Waals surface area contributed by atoms with E-state index in [2.05, 4.69) is 41.9 Å². The SMILES string of the molecule is CCOC(=O)c1c2nccc(Br)c2nn1-c1ccc(Br)cc1. The summed E-state index contributed by atoms with van der Waals surface area (Å²) < 4.78 is 8.44. The van der Waals surface area contributed by atoms with Crippen LogP contribution in [0.4, 0.5) is 0 Å². The first-order valence-electron chi connectivity index (χ1n) is 6.58. The Bertz CT molecular complexity index is 844. The van der Waals surface area contributed by atoms with E-state index in [9.17, 15) is 4.79 Å². The van der Waals surface area contributed by atoms with Crippen LogP contribution in [0.2, 0.25) is 0 Å². The second kappa shape index (κ2) is 6.18. The maximum absolute atomic E-state index is 12.3. The van der Waals surface area contributed by atoms with Gasteiger partial charge in [0, 0.05) is 15.1 Å². The summed E-state index contributed by atoms with van der Waals surface area (Å²) >= 11 is 6.84. The molecular weight excluding hydrogens is 414 g/mol. The van der Waals surface area contributed by atoms with Gasteiger partial charge in [0.05, 0.1) is 12.3 Å². The van der Waals surface area contributed by atoms with Gasteiger partial charge in [-0.2, -0.15) is 5.10 Å². The number of hydrogen-bond donors (Lipinski definition) is 0. The maximum Gasteiger partial charge on any atom is 0.359 e. The molecule has 0 aliphatic carbocycles. The Morgan fingerprint density at radius 3 is 2.59 bits per heavy atom. The third-order valence-electron chi connectivity index (χ3n) is 3.05. The molecule has 3 rings (SSSR count). The van der Waals surface area contributed by atoms with Crippen molar-refractivity contribution in [3.05, 3.63) is 51.2 Å². The van der Waals surface area contributed by atoms with Crippen LogP contribution >= 0.6 is 31.9 Å². The maximum atomic E-state index is 12.3. The van der Waals surface area contributed by atoms with E-state index in [1.807, 2.05) is 24.3 Å². The number of esters is 1. The summed E-state index contributed by atoms with van der Waals surface area (Å²) in [5, 5.41) is 4.51.